The summed E-state index contributed by atoms with van der Waals surface area (Å²) in [6.07, 6.45) is 9.30. The molecule has 0 N–H and O–H groups in total. The van der Waals surface area contributed by atoms with Crippen LogP contribution in [0.25, 0.3) is 0 Å². The van der Waals surface area contributed by atoms with Gasteiger partial charge >= 0.3 is 5.97 Å². The number of fused-ring (bicyclic) bond motifs is 2. The molecule has 3 rings (SSSR count). The molecule has 0 aromatic carbocycles. The molecule has 0 amide bonds. The summed E-state index contributed by atoms with van der Waals surface area (Å²) in [6, 6.07) is 0. The number of hydrogen-bond acceptors (Lipinski definition) is 4. The van der Waals surface area contributed by atoms with Gasteiger partial charge in [-0.1, -0.05) is 30.4 Å². The molecular formula is C25H28O4. The summed E-state index contributed by atoms with van der Waals surface area (Å²) in [5.41, 5.74) is 2.20. The summed E-state index contributed by atoms with van der Waals surface area (Å²) in [7, 11) is 0. The van der Waals surface area contributed by atoms with E-state index in [0.29, 0.717) is 16.7 Å². The van der Waals surface area contributed by atoms with Crippen LogP contribution in [0.4, 0.5) is 0 Å². The number of ether oxygens (including phenoxy) is 1. The van der Waals surface area contributed by atoms with Crippen molar-refractivity contribution in [1.29, 1.82) is 0 Å². The van der Waals surface area contributed by atoms with Gasteiger partial charge < -0.3 is 4.74 Å². The molecular weight excluding hydrogens is 364 g/mol. The Bertz CT molecular complexity index is 923. The van der Waals surface area contributed by atoms with Crippen molar-refractivity contribution in [3.05, 3.63) is 47.1 Å². The van der Waals surface area contributed by atoms with Gasteiger partial charge in [-0.15, -0.1) is 12.3 Å². The lowest BCUT2D eigenvalue weighted by Gasteiger charge is -2.39. The van der Waals surface area contributed by atoms with E-state index in [1.165, 1.54) is 0 Å². The van der Waals surface area contributed by atoms with Gasteiger partial charge in [-0.3, -0.25) is 14.4 Å². The molecule has 4 nitrogen and oxygen atoms in total. The van der Waals surface area contributed by atoms with Crippen LogP contribution >= 0.6 is 0 Å². The van der Waals surface area contributed by atoms with E-state index < -0.39 is 11.6 Å². The normalized spacial score (nSPS) is 31.4. The third-order valence-electron chi connectivity index (χ3n) is 6.46. The second-order valence-corrected chi connectivity index (χ2v) is 8.69. The quantitative estimate of drug-likeness (QED) is 0.407. The highest BCUT2D eigenvalue weighted by molar-refractivity contribution is 6.19. The molecule has 1 saturated carbocycles. The number of esters is 1. The first-order chi connectivity index (χ1) is 13.6. The Kier molecular flexibility index (Phi) is 5.54. The Balaban J connectivity index is 2.04. The smallest absolute Gasteiger partial charge is 0.307 e. The van der Waals surface area contributed by atoms with E-state index in [1.807, 2.05) is 13.0 Å². The lowest BCUT2D eigenvalue weighted by atomic mass is 9.64. The molecule has 0 aromatic heterocycles. The van der Waals surface area contributed by atoms with Gasteiger partial charge in [-0.25, -0.2) is 0 Å². The summed E-state index contributed by atoms with van der Waals surface area (Å²) < 4.78 is 5.57. The average molecular weight is 392 g/mol. The van der Waals surface area contributed by atoms with Crippen LogP contribution in [0.5, 0.6) is 0 Å². The third-order valence-corrected chi connectivity index (χ3v) is 6.46. The molecule has 0 aromatic rings. The Morgan fingerprint density at radius 2 is 2.10 bits per heavy atom. The summed E-state index contributed by atoms with van der Waals surface area (Å²) in [5.74, 6) is 1.36. The number of carbonyl (C=O) groups is 3. The minimum absolute atomic E-state index is 0.0337. The zero-order chi connectivity index (χ0) is 21.5. The highest BCUT2D eigenvalue weighted by Gasteiger charge is 2.54. The van der Waals surface area contributed by atoms with Crippen molar-refractivity contribution < 1.29 is 19.1 Å². The predicted octanol–water partition coefficient (Wildman–Crippen LogP) is 4.27. The Morgan fingerprint density at radius 3 is 2.72 bits per heavy atom. The summed E-state index contributed by atoms with van der Waals surface area (Å²) in [4.78, 5) is 38.9. The molecule has 4 atom stereocenters. The second kappa shape index (κ2) is 7.63. The molecule has 0 saturated heterocycles. The maximum atomic E-state index is 13.5. The molecule has 4 heteroatoms. The highest BCUT2D eigenvalue weighted by atomic mass is 16.6. The molecule has 0 heterocycles. The average Bonchev–Trinajstić information content (AvgIpc) is 2.84. The number of hydrogen-bond donors (Lipinski definition) is 0. The van der Waals surface area contributed by atoms with Gasteiger partial charge in [-0.2, -0.15) is 0 Å². The first-order valence-corrected chi connectivity index (χ1v) is 10.1. The van der Waals surface area contributed by atoms with Gasteiger partial charge in [0.25, 0.3) is 0 Å². The van der Waals surface area contributed by atoms with E-state index in [4.69, 9.17) is 11.2 Å². The number of allylic oxidation sites excluding steroid dienone is 4. The maximum absolute atomic E-state index is 13.5. The predicted molar refractivity (Wildman–Crippen MR) is 112 cm³/mol. The van der Waals surface area contributed by atoms with Crippen LogP contribution in [-0.2, 0) is 19.1 Å². The van der Waals surface area contributed by atoms with Crippen molar-refractivity contribution in [2.75, 3.05) is 0 Å². The zero-order valence-electron chi connectivity index (χ0n) is 17.5. The fourth-order valence-electron chi connectivity index (χ4n) is 5.00. The van der Waals surface area contributed by atoms with Crippen molar-refractivity contribution in [2.24, 2.45) is 17.8 Å². The number of rotatable bonds is 4. The molecule has 0 aliphatic heterocycles. The lowest BCUT2D eigenvalue weighted by Crippen LogP contribution is -2.40. The summed E-state index contributed by atoms with van der Waals surface area (Å²) in [5, 5.41) is 0. The minimum atomic E-state index is -1.37. The molecule has 0 unspecified atom stereocenters. The van der Waals surface area contributed by atoms with Gasteiger partial charge in [0.05, 0.1) is 6.42 Å². The van der Waals surface area contributed by atoms with Crippen molar-refractivity contribution in [3.8, 4) is 12.3 Å². The van der Waals surface area contributed by atoms with Crippen LogP contribution in [0.2, 0.25) is 0 Å². The fourth-order valence-corrected chi connectivity index (χ4v) is 5.00. The highest BCUT2D eigenvalue weighted by Crippen LogP contribution is 2.52. The van der Waals surface area contributed by atoms with Crippen LogP contribution in [0, 0.1) is 30.1 Å². The van der Waals surface area contributed by atoms with Crippen LogP contribution in [0.15, 0.2) is 47.1 Å². The molecule has 0 radical (unpaired) electrons. The number of terminal acetylenes is 1. The van der Waals surface area contributed by atoms with E-state index >= 15 is 0 Å². The monoisotopic (exact) mass is 392 g/mol. The number of carbonyl (C=O) groups excluding carboxylic acids is 3. The molecule has 3 aliphatic carbocycles. The maximum Gasteiger partial charge on any atom is 0.307 e. The van der Waals surface area contributed by atoms with Gasteiger partial charge in [0.15, 0.2) is 11.4 Å². The van der Waals surface area contributed by atoms with Crippen LogP contribution in [-0.4, -0.2) is 23.1 Å². The first-order valence-electron chi connectivity index (χ1n) is 10.1. The Morgan fingerprint density at radius 1 is 1.41 bits per heavy atom. The lowest BCUT2D eigenvalue weighted by molar-refractivity contribution is -0.163. The van der Waals surface area contributed by atoms with Crippen molar-refractivity contribution in [2.45, 2.75) is 58.5 Å². The van der Waals surface area contributed by atoms with E-state index in [9.17, 15) is 14.4 Å². The Hall–Kier alpha value is -2.67. The van der Waals surface area contributed by atoms with E-state index in [2.05, 4.69) is 19.1 Å². The van der Waals surface area contributed by atoms with E-state index in [-0.39, 0.29) is 48.6 Å². The van der Waals surface area contributed by atoms with E-state index in [1.54, 1.807) is 13.8 Å². The van der Waals surface area contributed by atoms with E-state index in [0.717, 1.165) is 24.0 Å². The van der Waals surface area contributed by atoms with Crippen molar-refractivity contribution >= 4 is 17.5 Å². The third kappa shape index (κ3) is 3.55. The minimum Gasteiger partial charge on any atom is -0.451 e. The molecule has 3 aliphatic rings. The van der Waals surface area contributed by atoms with Crippen LogP contribution < -0.4 is 0 Å². The summed E-state index contributed by atoms with van der Waals surface area (Å²) in [6.45, 7) is 13.8. The van der Waals surface area contributed by atoms with Gasteiger partial charge in [0, 0.05) is 29.9 Å². The van der Waals surface area contributed by atoms with Crippen LogP contribution in [0.1, 0.15) is 52.9 Å². The summed E-state index contributed by atoms with van der Waals surface area (Å²) >= 11 is 0. The topological polar surface area (TPSA) is 60.4 Å². The largest absolute Gasteiger partial charge is 0.451 e. The molecule has 0 bridgehead atoms. The van der Waals surface area contributed by atoms with Gasteiger partial charge in [0.2, 0.25) is 5.78 Å². The van der Waals surface area contributed by atoms with Crippen LogP contribution in [0.3, 0.4) is 0 Å². The fraction of sp³-hybridized carbons (Fsp3) is 0.480. The van der Waals surface area contributed by atoms with Gasteiger partial charge in [0.1, 0.15) is 0 Å². The number of ketones is 2. The zero-order valence-corrected chi connectivity index (χ0v) is 17.5. The number of Topliss-reactive ketones (excluding diaryl/α,β-unsaturated/α-hetero) is 2. The second-order valence-electron chi connectivity index (χ2n) is 8.69. The molecule has 0 spiro atoms. The molecule has 152 valence electrons. The van der Waals surface area contributed by atoms with Crippen molar-refractivity contribution in [1.82, 2.24) is 0 Å². The van der Waals surface area contributed by atoms with Crippen molar-refractivity contribution in [3.63, 3.8) is 0 Å². The standard InChI is InChI=1S/C25H28O4/c1-7-8-9-20(26)29-25(6)13-19-22(24(25)28)21-15(4)10-11-17(14(2)3)18(21)12-16(5)23(19)27/h1,12,17-18,21H,2,4,8-11,13H2,3,5-6H3/t17-,18-,21-,25+/m1/s1. The Labute approximate surface area is 172 Å². The van der Waals surface area contributed by atoms with Gasteiger partial charge in [-0.05, 0) is 51.0 Å². The molecule has 1 fully saturated rings. The first kappa shape index (κ1) is 21.0. The molecule has 29 heavy (non-hydrogen) atoms. The SMILES string of the molecule is C#CCCC(=O)O[C@@]1(C)CC2=C(C1=O)[C@@H]1C(=C)CC[C@H](C(=C)C)[C@H]1C=C(C)C2=O.